The van der Waals surface area contributed by atoms with Crippen molar-refractivity contribution in [3.8, 4) is 0 Å². The first kappa shape index (κ1) is 21.9. The summed E-state index contributed by atoms with van der Waals surface area (Å²) in [6, 6.07) is 23.2. The number of anilines is 2. The molecule has 1 aliphatic heterocycles. The predicted octanol–water partition coefficient (Wildman–Crippen LogP) is 4.64. The highest BCUT2D eigenvalue weighted by molar-refractivity contribution is 7.92. The molecule has 0 amide bonds. The van der Waals surface area contributed by atoms with Crippen LogP contribution in [0.2, 0.25) is 0 Å². The fourth-order valence-corrected chi connectivity index (χ4v) is 5.24. The molecule has 6 nitrogen and oxygen atoms in total. The number of sulfonamides is 1. The summed E-state index contributed by atoms with van der Waals surface area (Å²) in [6.07, 6.45) is 3.11. The lowest BCUT2D eigenvalue weighted by Crippen LogP contribution is -2.34. The summed E-state index contributed by atoms with van der Waals surface area (Å²) in [6.45, 7) is 1.68. The van der Waals surface area contributed by atoms with Gasteiger partial charge in [-0.1, -0.05) is 48.5 Å². The number of benzene rings is 3. The number of hydrogen-bond donors (Lipinski definition) is 2. The van der Waals surface area contributed by atoms with E-state index in [2.05, 4.69) is 33.9 Å². The molecule has 32 heavy (non-hydrogen) atoms. The van der Waals surface area contributed by atoms with Crippen molar-refractivity contribution in [2.45, 2.75) is 24.2 Å². The Morgan fingerprint density at radius 3 is 2.19 bits per heavy atom. The lowest BCUT2D eigenvalue weighted by Gasteiger charge is -2.34. The maximum Gasteiger partial charge on any atom is 0.337 e. The van der Waals surface area contributed by atoms with Crippen molar-refractivity contribution in [2.24, 2.45) is 5.92 Å². The Labute approximate surface area is 188 Å². The number of carboxylic acid groups (broad SMARTS) is 1. The SMILES string of the molecule is O=C(O)c1cc(N2CCC(Cc3ccccc3)CC2)ccc1NS(=O)(=O)c1ccccc1. The van der Waals surface area contributed by atoms with Gasteiger partial charge in [0, 0.05) is 18.8 Å². The monoisotopic (exact) mass is 450 g/mol. The van der Waals surface area contributed by atoms with Gasteiger partial charge in [-0.3, -0.25) is 4.72 Å². The van der Waals surface area contributed by atoms with Crippen LogP contribution in [0.5, 0.6) is 0 Å². The first-order valence-electron chi connectivity index (χ1n) is 10.7. The maximum absolute atomic E-state index is 12.6. The second kappa shape index (κ2) is 9.44. The first-order valence-corrected chi connectivity index (χ1v) is 12.1. The molecule has 0 unspecified atom stereocenters. The van der Waals surface area contributed by atoms with Crippen LogP contribution >= 0.6 is 0 Å². The molecule has 0 aliphatic carbocycles. The molecule has 3 aromatic carbocycles. The fraction of sp³-hybridized carbons (Fsp3) is 0.240. The Hall–Kier alpha value is -3.32. The molecule has 0 spiro atoms. The summed E-state index contributed by atoms with van der Waals surface area (Å²) in [5.41, 5.74) is 2.13. The van der Waals surface area contributed by atoms with Gasteiger partial charge >= 0.3 is 5.97 Å². The number of hydrogen-bond acceptors (Lipinski definition) is 4. The van der Waals surface area contributed by atoms with Gasteiger partial charge < -0.3 is 10.0 Å². The highest BCUT2D eigenvalue weighted by Crippen LogP contribution is 2.30. The van der Waals surface area contributed by atoms with Crippen LogP contribution in [0.4, 0.5) is 11.4 Å². The summed E-state index contributed by atoms with van der Waals surface area (Å²) in [5, 5.41) is 9.71. The quantitative estimate of drug-likeness (QED) is 0.547. The molecule has 0 aromatic heterocycles. The molecule has 7 heteroatoms. The zero-order valence-corrected chi connectivity index (χ0v) is 18.5. The van der Waals surface area contributed by atoms with Gasteiger partial charge in [-0.25, -0.2) is 13.2 Å². The number of nitrogens with zero attached hydrogens (tertiary/aromatic N) is 1. The van der Waals surface area contributed by atoms with Crippen LogP contribution in [0, 0.1) is 5.92 Å². The Morgan fingerprint density at radius 1 is 0.938 bits per heavy atom. The van der Waals surface area contributed by atoms with E-state index in [4.69, 9.17) is 0 Å². The van der Waals surface area contributed by atoms with Crippen molar-refractivity contribution in [3.05, 3.63) is 90.0 Å². The van der Waals surface area contributed by atoms with E-state index < -0.39 is 16.0 Å². The number of carboxylic acids is 1. The summed E-state index contributed by atoms with van der Waals surface area (Å²) in [5.74, 6) is -0.568. The molecule has 1 aliphatic rings. The van der Waals surface area contributed by atoms with E-state index in [1.165, 1.54) is 23.8 Å². The zero-order chi connectivity index (χ0) is 22.6. The van der Waals surface area contributed by atoms with Crippen LogP contribution in [0.15, 0.2) is 83.8 Å². The molecular formula is C25H26N2O4S. The summed E-state index contributed by atoms with van der Waals surface area (Å²) in [4.78, 5) is 14.1. The second-order valence-electron chi connectivity index (χ2n) is 8.07. The van der Waals surface area contributed by atoms with Crippen molar-refractivity contribution in [3.63, 3.8) is 0 Å². The molecule has 3 aromatic rings. The van der Waals surface area contributed by atoms with Crippen LogP contribution < -0.4 is 9.62 Å². The van der Waals surface area contributed by atoms with E-state index in [9.17, 15) is 18.3 Å². The first-order chi connectivity index (χ1) is 15.4. The molecule has 2 N–H and O–H groups in total. The van der Waals surface area contributed by atoms with Gasteiger partial charge in [-0.2, -0.15) is 0 Å². The number of carbonyl (C=O) groups is 1. The minimum Gasteiger partial charge on any atom is -0.478 e. The summed E-state index contributed by atoms with van der Waals surface area (Å²) in [7, 11) is -3.87. The second-order valence-corrected chi connectivity index (χ2v) is 9.76. The third-order valence-corrected chi connectivity index (χ3v) is 7.26. The molecule has 0 atom stereocenters. The molecule has 1 saturated heterocycles. The van der Waals surface area contributed by atoms with E-state index >= 15 is 0 Å². The molecule has 0 saturated carbocycles. The fourth-order valence-electron chi connectivity index (χ4n) is 4.14. The van der Waals surface area contributed by atoms with Crippen LogP contribution in [-0.2, 0) is 16.4 Å². The molecule has 0 radical (unpaired) electrons. The number of piperidine rings is 1. The smallest absolute Gasteiger partial charge is 0.337 e. The largest absolute Gasteiger partial charge is 0.478 e. The van der Waals surface area contributed by atoms with E-state index in [0.29, 0.717) is 5.92 Å². The molecule has 4 rings (SSSR count). The van der Waals surface area contributed by atoms with Crippen molar-refractivity contribution < 1.29 is 18.3 Å². The molecular weight excluding hydrogens is 424 g/mol. The Bertz CT molecular complexity index is 1170. The zero-order valence-electron chi connectivity index (χ0n) is 17.6. The lowest BCUT2D eigenvalue weighted by molar-refractivity contribution is 0.0698. The normalized spacial score (nSPS) is 14.8. The molecule has 1 fully saturated rings. The van der Waals surface area contributed by atoms with E-state index in [1.54, 1.807) is 30.3 Å². The summed E-state index contributed by atoms with van der Waals surface area (Å²) >= 11 is 0. The van der Waals surface area contributed by atoms with Gasteiger partial charge in [0.15, 0.2) is 0 Å². The maximum atomic E-state index is 12.6. The highest BCUT2D eigenvalue weighted by atomic mass is 32.2. The number of nitrogens with one attached hydrogen (secondary N) is 1. The minimum absolute atomic E-state index is 0.0593. The third-order valence-electron chi connectivity index (χ3n) is 5.88. The average molecular weight is 451 g/mol. The van der Waals surface area contributed by atoms with Gasteiger partial charge in [-0.05, 0) is 61.1 Å². The predicted molar refractivity (Wildman–Crippen MR) is 126 cm³/mol. The van der Waals surface area contributed by atoms with Gasteiger partial charge in [0.2, 0.25) is 0 Å². The standard InChI is InChI=1S/C25H26N2O4S/c28-25(29)23-18-21(11-12-24(23)26-32(30,31)22-9-5-2-6-10-22)27-15-13-20(14-16-27)17-19-7-3-1-4-8-19/h1-12,18,20,26H,13-17H2,(H,28,29). The van der Waals surface area contributed by atoms with Crippen LogP contribution in [0.3, 0.4) is 0 Å². The van der Waals surface area contributed by atoms with Crippen molar-refractivity contribution >= 4 is 27.4 Å². The van der Waals surface area contributed by atoms with Crippen molar-refractivity contribution in [1.29, 1.82) is 0 Å². The lowest BCUT2D eigenvalue weighted by atomic mass is 9.90. The number of rotatable bonds is 7. The Morgan fingerprint density at radius 2 is 1.56 bits per heavy atom. The van der Waals surface area contributed by atoms with Crippen molar-refractivity contribution in [2.75, 3.05) is 22.7 Å². The number of aromatic carboxylic acids is 1. The Kier molecular flexibility index (Phi) is 6.46. The van der Waals surface area contributed by atoms with Gasteiger partial charge in [-0.15, -0.1) is 0 Å². The summed E-state index contributed by atoms with van der Waals surface area (Å²) < 4.78 is 27.7. The highest BCUT2D eigenvalue weighted by Gasteiger charge is 2.23. The van der Waals surface area contributed by atoms with Gasteiger partial charge in [0.25, 0.3) is 10.0 Å². The van der Waals surface area contributed by atoms with Gasteiger partial charge in [0.1, 0.15) is 0 Å². The molecule has 166 valence electrons. The van der Waals surface area contributed by atoms with Gasteiger partial charge in [0.05, 0.1) is 16.1 Å². The minimum atomic E-state index is -3.87. The van der Waals surface area contributed by atoms with E-state index in [0.717, 1.165) is 38.0 Å². The van der Waals surface area contributed by atoms with Crippen LogP contribution in [0.25, 0.3) is 0 Å². The third kappa shape index (κ3) is 5.11. The van der Waals surface area contributed by atoms with E-state index in [-0.39, 0.29) is 16.1 Å². The van der Waals surface area contributed by atoms with E-state index in [1.807, 2.05) is 6.07 Å². The average Bonchev–Trinajstić information content (AvgIpc) is 2.81. The topological polar surface area (TPSA) is 86.7 Å². The molecule has 1 heterocycles. The molecule has 0 bridgehead atoms. The van der Waals surface area contributed by atoms with Crippen LogP contribution in [-0.4, -0.2) is 32.6 Å². The van der Waals surface area contributed by atoms with Crippen molar-refractivity contribution in [1.82, 2.24) is 0 Å². The van der Waals surface area contributed by atoms with Crippen LogP contribution in [0.1, 0.15) is 28.8 Å². The Balaban J connectivity index is 1.47.